The predicted octanol–water partition coefficient (Wildman–Crippen LogP) is 1.89. The molecule has 30 heavy (non-hydrogen) atoms. The van der Waals surface area contributed by atoms with Gasteiger partial charge in [0.2, 0.25) is 11.7 Å². The normalized spacial score (nSPS) is 24.0. The summed E-state index contributed by atoms with van der Waals surface area (Å²) in [5, 5.41) is 6.91. The van der Waals surface area contributed by atoms with E-state index in [0.29, 0.717) is 0 Å². The molecule has 1 saturated heterocycles. The van der Waals surface area contributed by atoms with E-state index in [-0.39, 0.29) is 55.8 Å². The first kappa shape index (κ1) is 20.6. The van der Waals surface area contributed by atoms with Crippen LogP contribution < -0.4 is 15.6 Å². The number of hydrazine groups is 1. The van der Waals surface area contributed by atoms with Crippen molar-refractivity contribution in [2.45, 2.75) is 44.7 Å². The first-order valence-corrected chi connectivity index (χ1v) is 9.70. The summed E-state index contributed by atoms with van der Waals surface area (Å²) in [6.45, 7) is 2.25. The van der Waals surface area contributed by atoms with Gasteiger partial charge in [-0.2, -0.15) is 13.2 Å². The van der Waals surface area contributed by atoms with E-state index in [4.69, 9.17) is 4.74 Å². The second-order valence-corrected chi connectivity index (χ2v) is 7.60. The second-order valence-electron chi connectivity index (χ2n) is 7.60. The van der Waals surface area contributed by atoms with Crippen molar-refractivity contribution in [2.24, 2.45) is 5.92 Å². The fourth-order valence-electron chi connectivity index (χ4n) is 4.07. The Labute approximate surface area is 171 Å². The molecular formula is C19H23F3N6O2. The first-order valence-electron chi connectivity index (χ1n) is 9.70. The highest BCUT2D eigenvalue weighted by Crippen LogP contribution is 2.33. The van der Waals surface area contributed by atoms with Gasteiger partial charge in [-0.05, 0) is 24.6 Å². The second kappa shape index (κ2) is 7.88. The number of halogens is 3. The highest BCUT2D eigenvalue weighted by atomic mass is 19.4. The van der Waals surface area contributed by atoms with Gasteiger partial charge in [-0.25, -0.2) is 5.43 Å². The topological polar surface area (TPSA) is 84.3 Å². The van der Waals surface area contributed by atoms with Gasteiger partial charge in [0.05, 0.1) is 19.7 Å². The molecule has 1 amide bonds. The third kappa shape index (κ3) is 3.86. The summed E-state index contributed by atoms with van der Waals surface area (Å²) in [4.78, 5) is 14.5. The van der Waals surface area contributed by atoms with Crippen LogP contribution in [0.25, 0.3) is 0 Å². The van der Waals surface area contributed by atoms with E-state index in [9.17, 15) is 18.0 Å². The molecule has 0 aliphatic carbocycles. The van der Waals surface area contributed by atoms with Crippen LogP contribution >= 0.6 is 0 Å². The minimum atomic E-state index is -4.56. The van der Waals surface area contributed by atoms with Crippen LogP contribution in [0.5, 0.6) is 5.75 Å². The molecule has 3 unspecified atom stereocenters. The van der Waals surface area contributed by atoms with Crippen molar-refractivity contribution < 1.29 is 22.7 Å². The van der Waals surface area contributed by atoms with Gasteiger partial charge in [-0.1, -0.05) is 12.1 Å². The van der Waals surface area contributed by atoms with Crippen molar-refractivity contribution >= 4 is 5.91 Å². The van der Waals surface area contributed by atoms with Gasteiger partial charge < -0.3 is 14.2 Å². The lowest BCUT2D eigenvalue weighted by molar-refractivity contribution is -0.148. The minimum Gasteiger partial charge on any atom is -0.497 e. The Hall–Kier alpha value is -2.66. The standard InChI is InChI=1S/C19H23F3N6O2/c1-11-14(17(25-23-11)12-3-5-13(30-2)6-4-12)9-16(29)27-7-8-28-15(10-27)24-26-18(28)19(20,21)22/h3-6,11,14,17,23,25H,7-10H2,1-2H3. The van der Waals surface area contributed by atoms with Crippen LogP contribution in [0.15, 0.2) is 24.3 Å². The zero-order chi connectivity index (χ0) is 21.5. The molecule has 162 valence electrons. The number of benzene rings is 1. The van der Waals surface area contributed by atoms with Gasteiger partial charge in [0, 0.05) is 31.5 Å². The molecule has 0 bridgehead atoms. The van der Waals surface area contributed by atoms with Crippen LogP contribution in [0.2, 0.25) is 0 Å². The number of carbonyl (C=O) groups excluding carboxylic acids is 1. The van der Waals surface area contributed by atoms with Crippen molar-refractivity contribution in [3.63, 3.8) is 0 Å². The number of nitrogens with one attached hydrogen (secondary N) is 2. The van der Waals surface area contributed by atoms with Crippen molar-refractivity contribution in [2.75, 3.05) is 13.7 Å². The molecule has 2 aliphatic heterocycles. The summed E-state index contributed by atoms with van der Waals surface area (Å²) < 4.78 is 45.3. The lowest BCUT2D eigenvalue weighted by Crippen LogP contribution is -2.41. The summed E-state index contributed by atoms with van der Waals surface area (Å²) in [7, 11) is 1.60. The maximum Gasteiger partial charge on any atom is 0.451 e. The number of ether oxygens (including phenoxy) is 1. The maximum atomic E-state index is 13.0. The Bertz CT molecular complexity index is 914. The molecule has 0 radical (unpaired) electrons. The summed E-state index contributed by atoms with van der Waals surface area (Å²) in [6.07, 6.45) is -4.29. The summed E-state index contributed by atoms with van der Waals surface area (Å²) >= 11 is 0. The molecule has 4 rings (SSSR count). The molecule has 2 aliphatic rings. The summed E-state index contributed by atoms with van der Waals surface area (Å²) in [5.74, 6) is -0.234. The smallest absolute Gasteiger partial charge is 0.451 e. The molecule has 3 heterocycles. The number of methoxy groups -OCH3 is 1. The van der Waals surface area contributed by atoms with Gasteiger partial charge >= 0.3 is 6.18 Å². The third-order valence-electron chi connectivity index (χ3n) is 5.78. The molecule has 2 aromatic rings. The van der Waals surface area contributed by atoms with Crippen LogP contribution in [-0.4, -0.2) is 45.3 Å². The molecule has 11 heteroatoms. The number of fused-ring (bicyclic) bond motifs is 1. The van der Waals surface area contributed by atoms with Gasteiger partial charge in [-0.3, -0.25) is 10.2 Å². The van der Waals surface area contributed by atoms with Gasteiger partial charge in [-0.15, -0.1) is 10.2 Å². The van der Waals surface area contributed by atoms with E-state index in [2.05, 4.69) is 21.0 Å². The van der Waals surface area contributed by atoms with E-state index >= 15 is 0 Å². The molecule has 0 saturated carbocycles. The van der Waals surface area contributed by atoms with Crippen LogP contribution in [0, 0.1) is 5.92 Å². The van der Waals surface area contributed by atoms with Crippen LogP contribution in [0.3, 0.4) is 0 Å². The van der Waals surface area contributed by atoms with Crippen LogP contribution in [-0.2, 0) is 24.1 Å². The lowest BCUT2D eigenvalue weighted by atomic mass is 9.87. The highest BCUT2D eigenvalue weighted by molar-refractivity contribution is 5.76. The van der Waals surface area contributed by atoms with Crippen molar-refractivity contribution in [3.8, 4) is 5.75 Å². The van der Waals surface area contributed by atoms with Gasteiger partial charge in [0.25, 0.3) is 0 Å². The Kier molecular flexibility index (Phi) is 5.41. The maximum absolute atomic E-state index is 13.0. The molecule has 8 nitrogen and oxygen atoms in total. The highest BCUT2D eigenvalue weighted by Gasteiger charge is 2.41. The fourth-order valence-corrected chi connectivity index (χ4v) is 4.07. The Morgan fingerprint density at radius 2 is 1.93 bits per heavy atom. The molecular weight excluding hydrogens is 401 g/mol. The lowest BCUT2D eigenvalue weighted by Gasteiger charge is -2.30. The average Bonchev–Trinajstić information content (AvgIpc) is 3.31. The Balaban J connectivity index is 1.45. The van der Waals surface area contributed by atoms with E-state index in [1.165, 1.54) is 0 Å². The average molecular weight is 424 g/mol. The third-order valence-corrected chi connectivity index (χ3v) is 5.78. The van der Waals surface area contributed by atoms with Gasteiger partial charge in [0.15, 0.2) is 5.82 Å². The number of nitrogens with zero attached hydrogens (tertiary/aromatic N) is 4. The monoisotopic (exact) mass is 424 g/mol. The number of hydrogen-bond donors (Lipinski definition) is 2. The SMILES string of the molecule is COc1ccc(C2NNC(C)C2CC(=O)N2CCn3c(nnc3C(F)(F)F)C2)cc1. The molecule has 2 N–H and O–H groups in total. The number of amides is 1. The minimum absolute atomic E-state index is 0.0172. The van der Waals surface area contributed by atoms with Crippen molar-refractivity contribution in [1.82, 2.24) is 30.5 Å². The van der Waals surface area contributed by atoms with E-state index < -0.39 is 12.0 Å². The molecule has 1 fully saturated rings. The molecule has 1 aromatic carbocycles. The number of hydrogen-bond acceptors (Lipinski definition) is 6. The summed E-state index contributed by atoms with van der Waals surface area (Å²) in [5.41, 5.74) is 7.45. The number of rotatable bonds is 4. The first-order chi connectivity index (χ1) is 14.3. The van der Waals surface area contributed by atoms with Crippen LogP contribution in [0.4, 0.5) is 13.2 Å². The molecule has 3 atom stereocenters. The van der Waals surface area contributed by atoms with Crippen LogP contribution in [0.1, 0.15) is 36.6 Å². The largest absolute Gasteiger partial charge is 0.497 e. The zero-order valence-corrected chi connectivity index (χ0v) is 16.6. The molecule has 0 spiro atoms. The summed E-state index contributed by atoms with van der Waals surface area (Å²) in [6, 6.07) is 7.63. The zero-order valence-electron chi connectivity index (χ0n) is 16.6. The number of alkyl halides is 3. The van der Waals surface area contributed by atoms with Crippen molar-refractivity contribution in [1.29, 1.82) is 0 Å². The van der Waals surface area contributed by atoms with Gasteiger partial charge in [0.1, 0.15) is 5.75 Å². The quantitative estimate of drug-likeness (QED) is 0.780. The Morgan fingerprint density at radius 1 is 1.20 bits per heavy atom. The fraction of sp³-hybridized carbons (Fsp3) is 0.526. The van der Waals surface area contributed by atoms with E-state index in [0.717, 1.165) is 15.9 Å². The number of carbonyl (C=O) groups is 1. The Morgan fingerprint density at radius 3 is 2.60 bits per heavy atom. The number of aromatic nitrogens is 3. The van der Waals surface area contributed by atoms with Crippen molar-refractivity contribution in [3.05, 3.63) is 41.5 Å². The van der Waals surface area contributed by atoms with E-state index in [1.807, 2.05) is 31.2 Å². The predicted molar refractivity (Wildman–Crippen MR) is 100 cm³/mol. The van der Waals surface area contributed by atoms with E-state index in [1.54, 1.807) is 12.0 Å². The molecule has 1 aromatic heterocycles.